The third-order valence-electron chi connectivity index (χ3n) is 5.02. The maximum Gasteiger partial charge on any atom is 0.223 e. The Morgan fingerprint density at radius 3 is 1.25 bits per heavy atom. The lowest BCUT2D eigenvalue weighted by molar-refractivity contribution is -0.126. The predicted molar refractivity (Wildman–Crippen MR) is 107 cm³/mol. The maximum absolute atomic E-state index is 11.2. The summed E-state index contributed by atoms with van der Waals surface area (Å²) in [5.74, 6) is -0.0292. The van der Waals surface area contributed by atoms with E-state index in [4.69, 9.17) is 0 Å². The Balaban J connectivity index is 3.11. The molecule has 0 rings (SSSR count). The summed E-state index contributed by atoms with van der Waals surface area (Å²) < 4.78 is 0. The Kier molecular flexibility index (Phi) is 18.4. The fraction of sp³-hybridized carbons (Fsp3) is 0.909. The van der Waals surface area contributed by atoms with Crippen LogP contribution in [0, 0.1) is 6.92 Å². The maximum atomic E-state index is 11.2. The largest absolute Gasteiger partial charge is 0.343 e. The molecule has 143 valence electrons. The number of hydrogen-bond acceptors (Lipinski definition) is 1. The molecule has 1 radical (unpaired) electrons. The van der Waals surface area contributed by atoms with Gasteiger partial charge >= 0.3 is 0 Å². The number of carbonyl (C=O) groups is 1. The van der Waals surface area contributed by atoms with Gasteiger partial charge in [-0.25, -0.2) is 0 Å². The smallest absolute Gasteiger partial charge is 0.223 e. The van der Waals surface area contributed by atoms with E-state index < -0.39 is 0 Å². The van der Waals surface area contributed by atoms with E-state index in [1.54, 1.807) is 0 Å². The summed E-state index contributed by atoms with van der Waals surface area (Å²) in [4.78, 5) is 13.0. The zero-order chi connectivity index (χ0) is 17.9. The first-order valence-electron chi connectivity index (χ1n) is 10.8. The first-order chi connectivity index (χ1) is 11.7. The minimum absolute atomic E-state index is 0.0292. The van der Waals surface area contributed by atoms with E-state index >= 15 is 0 Å². The van der Waals surface area contributed by atoms with Gasteiger partial charge in [-0.15, -0.1) is 0 Å². The van der Waals surface area contributed by atoms with Crippen LogP contribution in [-0.2, 0) is 4.79 Å². The first kappa shape index (κ1) is 23.5. The molecule has 0 aliphatic rings. The van der Waals surface area contributed by atoms with Crippen molar-refractivity contribution >= 4 is 5.91 Å². The van der Waals surface area contributed by atoms with Crippen molar-refractivity contribution in [2.24, 2.45) is 0 Å². The van der Waals surface area contributed by atoms with Gasteiger partial charge in [-0.1, -0.05) is 103 Å². The molecule has 0 aliphatic heterocycles. The second-order valence-corrected chi connectivity index (χ2v) is 7.28. The van der Waals surface area contributed by atoms with E-state index in [1.165, 1.54) is 96.3 Å². The van der Waals surface area contributed by atoms with E-state index in [0.717, 1.165) is 19.5 Å². The van der Waals surface area contributed by atoms with Crippen LogP contribution in [0.1, 0.15) is 117 Å². The molecule has 0 aromatic rings. The summed E-state index contributed by atoms with van der Waals surface area (Å²) in [5, 5.41) is 0. The van der Waals surface area contributed by atoms with Gasteiger partial charge in [-0.2, -0.15) is 0 Å². The van der Waals surface area contributed by atoms with Gasteiger partial charge in [-0.3, -0.25) is 4.79 Å². The Labute approximate surface area is 152 Å². The summed E-state index contributed by atoms with van der Waals surface area (Å²) in [6.45, 7) is 9.47. The zero-order valence-corrected chi connectivity index (χ0v) is 16.8. The Hall–Kier alpha value is -0.530. The molecule has 0 aromatic heterocycles. The van der Waals surface area contributed by atoms with Gasteiger partial charge in [-0.05, 0) is 13.3 Å². The first-order valence-corrected chi connectivity index (χ1v) is 10.8. The second kappa shape index (κ2) is 18.8. The Morgan fingerprint density at radius 2 is 0.958 bits per heavy atom. The van der Waals surface area contributed by atoms with Gasteiger partial charge in [0.2, 0.25) is 5.91 Å². The van der Waals surface area contributed by atoms with Crippen LogP contribution >= 0.6 is 0 Å². The van der Waals surface area contributed by atoms with Gasteiger partial charge in [0.15, 0.2) is 0 Å². The summed E-state index contributed by atoms with van der Waals surface area (Å²) in [7, 11) is 0. The second-order valence-electron chi connectivity index (χ2n) is 7.28. The molecule has 0 aromatic carbocycles. The molecule has 0 unspecified atom stereocenters. The van der Waals surface area contributed by atoms with Crippen molar-refractivity contribution < 1.29 is 4.79 Å². The Morgan fingerprint density at radius 1 is 0.625 bits per heavy atom. The predicted octanol–water partition coefficient (Wildman–Crippen LogP) is 6.93. The highest BCUT2D eigenvalue weighted by Crippen LogP contribution is 2.13. The van der Waals surface area contributed by atoms with Gasteiger partial charge in [0.1, 0.15) is 0 Å². The quantitative estimate of drug-likeness (QED) is 0.248. The molecule has 0 saturated heterocycles. The number of nitrogens with zero attached hydrogens (tertiary/aromatic N) is 1. The van der Waals surface area contributed by atoms with Crippen LogP contribution < -0.4 is 0 Å². The zero-order valence-electron chi connectivity index (χ0n) is 16.8. The molecule has 2 heteroatoms. The van der Waals surface area contributed by atoms with Crippen LogP contribution in [-0.4, -0.2) is 23.9 Å². The van der Waals surface area contributed by atoms with Gasteiger partial charge < -0.3 is 4.90 Å². The molecule has 0 spiro atoms. The van der Waals surface area contributed by atoms with Crippen LogP contribution in [0.3, 0.4) is 0 Å². The van der Waals surface area contributed by atoms with Crippen molar-refractivity contribution in [2.45, 2.75) is 117 Å². The molecule has 0 N–H and O–H groups in total. The van der Waals surface area contributed by atoms with Crippen LogP contribution in [0.5, 0.6) is 0 Å². The molecule has 24 heavy (non-hydrogen) atoms. The van der Waals surface area contributed by atoms with Gasteiger partial charge in [0.25, 0.3) is 0 Å². The number of rotatable bonds is 18. The molecular formula is C22H44NO. The molecule has 2 nitrogen and oxygen atoms in total. The molecule has 1 amide bonds. The molecule has 0 fully saturated rings. The standard InChI is InChI=1S/C22H44NO/c1-4-6-7-8-9-10-11-12-13-14-15-16-17-18-19-20-21-23(5-2)22(3)24/h3-21H2,1-2H3. The summed E-state index contributed by atoms with van der Waals surface area (Å²) in [6, 6.07) is 0. The third kappa shape index (κ3) is 16.3. The lowest BCUT2D eigenvalue weighted by Gasteiger charge is -2.18. The molecule has 0 bridgehead atoms. The number of unbranched alkanes of at least 4 members (excludes halogenated alkanes) is 15. The number of carbonyl (C=O) groups excluding carboxylic acids is 1. The SMILES string of the molecule is [CH2]C(=O)N(CC)CCCCCCCCCCCCCCCCCC. The van der Waals surface area contributed by atoms with Crippen LogP contribution in [0.25, 0.3) is 0 Å². The fourth-order valence-electron chi connectivity index (χ4n) is 3.31. The van der Waals surface area contributed by atoms with Crippen molar-refractivity contribution in [3.63, 3.8) is 0 Å². The molecule has 0 aliphatic carbocycles. The van der Waals surface area contributed by atoms with Crippen molar-refractivity contribution in [3.05, 3.63) is 6.92 Å². The average molecular weight is 339 g/mol. The van der Waals surface area contributed by atoms with Crippen LogP contribution in [0.15, 0.2) is 0 Å². The summed E-state index contributed by atoms with van der Waals surface area (Å²) >= 11 is 0. The van der Waals surface area contributed by atoms with Gasteiger partial charge in [0, 0.05) is 20.0 Å². The van der Waals surface area contributed by atoms with Crippen molar-refractivity contribution in [1.29, 1.82) is 0 Å². The highest BCUT2D eigenvalue weighted by atomic mass is 16.2. The van der Waals surface area contributed by atoms with E-state index in [9.17, 15) is 4.79 Å². The number of hydrogen-bond donors (Lipinski definition) is 0. The van der Waals surface area contributed by atoms with Crippen molar-refractivity contribution in [1.82, 2.24) is 4.90 Å². The minimum atomic E-state index is -0.0292. The van der Waals surface area contributed by atoms with Crippen LogP contribution in [0.2, 0.25) is 0 Å². The monoisotopic (exact) mass is 338 g/mol. The topological polar surface area (TPSA) is 20.3 Å². The minimum Gasteiger partial charge on any atom is -0.343 e. The van der Waals surface area contributed by atoms with Gasteiger partial charge in [0.05, 0.1) is 0 Å². The van der Waals surface area contributed by atoms with Crippen LogP contribution in [0.4, 0.5) is 0 Å². The van der Waals surface area contributed by atoms with E-state index in [2.05, 4.69) is 13.8 Å². The molecular weight excluding hydrogens is 294 g/mol. The lowest BCUT2D eigenvalue weighted by atomic mass is 10.0. The normalized spacial score (nSPS) is 11.0. The summed E-state index contributed by atoms with van der Waals surface area (Å²) in [5.41, 5.74) is 0. The molecule has 0 heterocycles. The number of amides is 1. The average Bonchev–Trinajstić information content (AvgIpc) is 2.57. The lowest BCUT2D eigenvalue weighted by Crippen LogP contribution is -2.29. The van der Waals surface area contributed by atoms with E-state index in [-0.39, 0.29) is 5.91 Å². The highest BCUT2D eigenvalue weighted by Gasteiger charge is 2.04. The highest BCUT2D eigenvalue weighted by molar-refractivity contribution is 5.80. The van der Waals surface area contributed by atoms with E-state index in [1.807, 2.05) is 11.8 Å². The van der Waals surface area contributed by atoms with E-state index in [0.29, 0.717) is 0 Å². The van der Waals surface area contributed by atoms with Crippen molar-refractivity contribution in [2.75, 3.05) is 13.1 Å². The summed E-state index contributed by atoms with van der Waals surface area (Å²) in [6.07, 6.45) is 22.2. The third-order valence-corrected chi connectivity index (χ3v) is 5.02. The Bertz CT molecular complexity index is 265. The van der Waals surface area contributed by atoms with Crippen molar-refractivity contribution in [3.8, 4) is 0 Å². The molecule has 0 saturated carbocycles. The fourth-order valence-corrected chi connectivity index (χ4v) is 3.31. The molecule has 0 atom stereocenters.